The Balaban J connectivity index is 2.40. The molecule has 0 aliphatic heterocycles. The van der Waals surface area contributed by atoms with E-state index in [0.29, 0.717) is 22.9 Å². The first-order valence-electron chi connectivity index (χ1n) is 4.71. The van der Waals surface area contributed by atoms with Gasteiger partial charge in [0.25, 0.3) is 0 Å². The molecule has 0 radical (unpaired) electrons. The van der Waals surface area contributed by atoms with Crippen molar-refractivity contribution in [1.29, 1.82) is 0 Å². The van der Waals surface area contributed by atoms with Gasteiger partial charge in [0.1, 0.15) is 0 Å². The Bertz CT molecular complexity index is 513. The second kappa shape index (κ2) is 3.68. The number of hydrogen-bond acceptors (Lipinski definition) is 5. The minimum absolute atomic E-state index is 0.418. The van der Waals surface area contributed by atoms with Crippen LogP contribution in [0.3, 0.4) is 0 Å². The molecule has 3 N–H and O–H groups in total. The average Bonchev–Trinajstić information content (AvgIpc) is 2.61. The molecule has 0 atom stereocenters. The first-order chi connectivity index (χ1) is 7.16. The Morgan fingerprint density at radius 2 is 2.20 bits per heavy atom. The van der Waals surface area contributed by atoms with Crippen molar-refractivity contribution in [2.45, 2.75) is 13.8 Å². The molecule has 0 unspecified atom stereocenters. The minimum atomic E-state index is -0.428. The summed E-state index contributed by atoms with van der Waals surface area (Å²) >= 11 is 0. The van der Waals surface area contributed by atoms with Gasteiger partial charge in [-0.25, -0.2) is 4.79 Å². The molecule has 2 heterocycles. The van der Waals surface area contributed by atoms with Gasteiger partial charge in [0.05, 0.1) is 0 Å². The quantitative estimate of drug-likeness (QED) is 0.664. The maximum absolute atomic E-state index is 11.2. The van der Waals surface area contributed by atoms with E-state index < -0.39 is 5.69 Å². The van der Waals surface area contributed by atoms with Gasteiger partial charge >= 0.3 is 5.69 Å². The van der Waals surface area contributed by atoms with Crippen molar-refractivity contribution in [3.05, 3.63) is 10.5 Å². The van der Waals surface area contributed by atoms with Crippen LogP contribution in [0.4, 0.5) is 5.82 Å². The summed E-state index contributed by atoms with van der Waals surface area (Å²) in [5, 5.41) is 13.2. The number of hydrogen-bond donors (Lipinski definition) is 3. The van der Waals surface area contributed by atoms with Crippen molar-refractivity contribution in [2.24, 2.45) is 5.92 Å². The normalized spacial score (nSPS) is 11.1. The van der Waals surface area contributed by atoms with Crippen LogP contribution in [0.5, 0.6) is 0 Å². The van der Waals surface area contributed by atoms with Gasteiger partial charge in [0.15, 0.2) is 17.0 Å². The molecule has 2 aromatic heterocycles. The van der Waals surface area contributed by atoms with E-state index in [0.717, 1.165) is 6.54 Å². The Morgan fingerprint density at radius 1 is 1.40 bits per heavy atom. The zero-order chi connectivity index (χ0) is 10.8. The fraction of sp³-hybridized carbons (Fsp3) is 0.500. The lowest BCUT2D eigenvalue weighted by Gasteiger charge is -2.06. The second-order valence-electron chi connectivity index (χ2n) is 3.69. The molecule has 0 aromatic carbocycles. The van der Waals surface area contributed by atoms with Crippen molar-refractivity contribution in [2.75, 3.05) is 11.9 Å². The van der Waals surface area contributed by atoms with Crippen LogP contribution in [-0.2, 0) is 0 Å². The second-order valence-corrected chi connectivity index (χ2v) is 3.69. The maximum atomic E-state index is 11.2. The van der Waals surface area contributed by atoms with Gasteiger partial charge in [0, 0.05) is 6.54 Å². The summed E-state index contributed by atoms with van der Waals surface area (Å²) in [5.41, 5.74) is 0.541. The van der Waals surface area contributed by atoms with Gasteiger partial charge in [0.2, 0.25) is 0 Å². The molecule has 80 valence electrons. The molecule has 0 spiro atoms. The number of nitrogens with one attached hydrogen (secondary N) is 3. The van der Waals surface area contributed by atoms with Gasteiger partial charge < -0.3 is 5.32 Å². The molecular formula is C8H12N6O. The van der Waals surface area contributed by atoms with Crippen LogP contribution in [0.25, 0.3) is 11.2 Å². The first kappa shape index (κ1) is 9.63. The van der Waals surface area contributed by atoms with Gasteiger partial charge in [-0.15, -0.1) is 5.10 Å². The molecule has 2 rings (SSSR count). The summed E-state index contributed by atoms with van der Waals surface area (Å²) in [6, 6.07) is 0. The highest BCUT2D eigenvalue weighted by atomic mass is 16.1. The number of rotatable bonds is 3. The van der Waals surface area contributed by atoms with Gasteiger partial charge in [-0.3, -0.25) is 4.98 Å². The fourth-order valence-corrected chi connectivity index (χ4v) is 1.19. The number of anilines is 1. The molecule has 2 aromatic rings. The van der Waals surface area contributed by atoms with Gasteiger partial charge in [-0.05, 0) is 5.92 Å². The van der Waals surface area contributed by atoms with Crippen LogP contribution in [0, 0.1) is 5.92 Å². The lowest BCUT2D eigenvalue weighted by Crippen LogP contribution is -2.16. The summed E-state index contributed by atoms with van der Waals surface area (Å²) in [7, 11) is 0. The van der Waals surface area contributed by atoms with E-state index in [4.69, 9.17) is 0 Å². The highest BCUT2D eigenvalue weighted by molar-refractivity contribution is 5.81. The summed E-state index contributed by atoms with van der Waals surface area (Å²) in [5.74, 6) is 0.934. The molecule has 0 fully saturated rings. The molecule has 0 aliphatic rings. The van der Waals surface area contributed by atoms with Gasteiger partial charge in [-0.2, -0.15) is 15.3 Å². The zero-order valence-electron chi connectivity index (χ0n) is 8.53. The molecular weight excluding hydrogens is 196 g/mol. The fourth-order valence-electron chi connectivity index (χ4n) is 1.19. The van der Waals surface area contributed by atoms with Crippen LogP contribution in [0.1, 0.15) is 13.8 Å². The SMILES string of the molecule is CC(C)CNc1nc(=O)[nH]c2n[nH]nc12. The van der Waals surface area contributed by atoms with Crippen molar-refractivity contribution in [3.8, 4) is 0 Å². The van der Waals surface area contributed by atoms with Crippen molar-refractivity contribution < 1.29 is 0 Å². The van der Waals surface area contributed by atoms with E-state index in [1.165, 1.54) is 0 Å². The molecule has 0 bridgehead atoms. The highest BCUT2D eigenvalue weighted by Gasteiger charge is 2.08. The van der Waals surface area contributed by atoms with Crippen molar-refractivity contribution in [1.82, 2.24) is 25.4 Å². The third-order valence-corrected chi connectivity index (χ3v) is 1.89. The lowest BCUT2D eigenvalue weighted by atomic mass is 10.2. The van der Waals surface area contributed by atoms with E-state index in [1.807, 2.05) is 0 Å². The molecule has 0 amide bonds. The Hall–Kier alpha value is -1.92. The molecule has 0 saturated carbocycles. The van der Waals surface area contributed by atoms with Crippen LogP contribution < -0.4 is 11.0 Å². The predicted molar refractivity (Wildman–Crippen MR) is 55.6 cm³/mol. The first-order valence-corrected chi connectivity index (χ1v) is 4.71. The van der Waals surface area contributed by atoms with E-state index in [2.05, 4.69) is 44.5 Å². The molecule has 15 heavy (non-hydrogen) atoms. The lowest BCUT2D eigenvalue weighted by molar-refractivity contribution is 0.687. The predicted octanol–water partition coefficient (Wildman–Crippen LogP) is 0.109. The van der Waals surface area contributed by atoms with E-state index in [-0.39, 0.29) is 0 Å². The summed E-state index contributed by atoms with van der Waals surface area (Å²) in [4.78, 5) is 17.4. The van der Waals surface area contributed by atoms with E-state index >= 15 is 0 Å². The largest absolute Gasteiger partial charge is 0.368 e. The third kappa shape index (κ3) is 1.95. The monoisotopic (exact) mass is 208 g/mol. The van der Waals surface area contributed by atoms with Crippen molar-refractivity contribution >= 4 is 17.0 Å². The summed E-state index contributed by atoms with van der Waals surface area (Å²) in [6.45, 7) is 4.87. The van der Waals surface area contributed by atoms with E-state index in [9.17, 15) is 4.79 Å². The molecule has 0 saturated heterocycles. The number of aromatic nitrogens is 5. The number of fused-ring (bicyclic) bond motifs is 1. The Morgan fingerprint density at radius 3 is 2.93 bits per heavy atom. The summed E-state index contributed by atoms with van der Waals surface area (Å²) in [6.07, 6.45) is 0. The molecule has 0 aliphatic carbocycles. The zero-order valence-corrected chi connectivity index (χ0v) is 8.53. The maximum Gasteiger partial charge on any atom is 0.348 e. The smallest absolute Gasteiger partial charge is 0.348 e. The number of aromatic amines is 2. The number of nitrogens with zero attached hydrogens (tertiary/aromatic N) is 3. The van der Waals surface area contributed by atoms with Gasteiger partial charge in [-0.1, -0.05) is 13.8 Å². The van der Waals surface area contributed by atoms with Crippen LogP contribution in [0.2, 0.25) is 0 Å². The van der Waals surface area contributed by atoms with Crippen LogP contribution >= 0.6 is 0 Å². The Labute approximate surface area is 85.3 Å². The van der Waals surface area contributed by atoms with Crippen molar-refractivity contribution in [3.63, 3.8) is 0 Å². The topological polar surface area (TPSA) is 99.4 Å². The average molecular weight is 208 g/mol. The third-order valence-electron chi connectivity index (χ3n) is 1.89. The Kier molecular flexibility index (Phi) is 2.36. The van der Waals surface area contributed by atoms with Crippen LogP contribution in [0.15, 0.2) is 4.79 Å². The highest BCUT2D eigenvalue weighted by Crippen LogP contribution is 2.11. The number of H-pyrrole nitrogens is 2. The van der Waals surface area contributed by atoms with Crippen LogP contribution in [-0.4, -0.2) is 31.9 Å². The van der Waals surface area contributed by atoms with E-state index in [1.54, 1.807) is 0 Å². The minimum Gasteiger partial charge on any atom is -0.368 e. The molecule has 7 nitrogen and oxygen atoms in total. The molecule has 7 heteroatoms. The standard InChI is InChI=1S/C8H12N6O/c1-4(2)3-9-6-5-7(13-14-12-5)11-8(15)10-6/h4H,3H2,1-2H3,(H3,9,10,11,12,13,14,15). The summed E-state index contributed by atoms with van der Waals surface area (Å²) < 4.78 is 0.